The van der Waals surface area contributed by atoms with Gasteiger partial charge in [-0.1, -0.05) is 43.2 Å². The van der Waals surface area contributed by atoms with Crippen molar-refractivity contribution in [2.45, 2.75) is 55.4 Å². The number of amides is 1. The third-order valence-electron chi connectivity index (χ3n) is 4.38. The second kappa shape index (κ2) is 8.31. The zero-order valence-electron chi connectivity index (χ0n) is 14.4. The van der Waals surface area contributed by atoms with Crippen LogP contribution in [0.3, 0.4) is 0 Å². The van der Waals surface area contributed by atoms with Gasteiger partial charge in [-0.25, -0.2) is 0 Å². The van der Waals surface area contributed by atoms with E-state index in [4.69, 9.17) is 4.42 Å². The number of thioether (sulfide) groups is 1. The SMILES string of the molecule is C[C@@H](Sc1nnc(C2CCCCC2)o1)C(=O)Nc1ccccc1[N+](=O)[O-]. The van der Waals surface area contributed by atoms with Gasteiger partial charge in [0.1, 0.15) is 5.69 Å². The molecule has 26 heavy (non-hydrogen) atoms. The van der Waals surface area contributed by atoms with Crippen LogP contribution in [0.25, 0.3) is 0 Å². The lowest BCUT2D eigenvalue weighted by atomic mass is 9.89. The Labute approximate surface area is 154 Å². The van der Waals surface area contributed by atoms with E-state index in [1.807, 2.05) is 0 Å². The summed E-state index contributed by atoms with van der Waals surface area (Å²) in [7, 11) is 0. The number of anilines is 1. The maximum Gasteiger partial charge on any atom is 0.292 e. The van der Waals surface area contributed by atoms with E-state index in [0.717, 1.165) is 24.6 Å². The molecule has 1 aliphatic carbocycles. The number of nitrogens with one attached hydrogen (secondary N) is 1. The van der Waals surface area contributed by atoms with Crippen LogP contribution in [0.5, 0.6) is 0 Å². The molecule has 1 amide bonds. The van der Waals surface area contributed by atoms with E-state index in [-0.39, 0.29) is 17.3 Å². The average molecular weight is 376 g/mol. The highest BCUT2D eigenvalue weighted by molar-refractivity contribution is 8.00. The van der Waals surface area contributed by atoms with Crippen LogP contribution in [0.2, 0.25) is 0 Å². The molecule has 138 valence electrons. The number of rotatable bonds is 6. The Morgan fingerprint density at radius 3 is 2.77 bits per heavy atom. The summed E-state index contributed by atoms with van der Waals surface area (Å²) in [6.07, 6.45) is 5.70. The third kappa shape index (κ3) is 4.40. The molecule has 8 nitrogen and oxygen atoms in total. The van der Waals surface area contributed by atoms with E-state index >= 15 is 0 Å². The summed E-state index contributed by atoms with van der Waals surface area (Å²) < 4.78 is 5.71. The minimum atomic E-state index is -0.533. The van der Waals surface area contributed by atoms with E-state index in [9.17, 15) is 14.9 Å². The minimum absolute atomic E-state index is 0.143. The van der Waals surface area contributed by atoms with E-state index in [2.05, 4.69) is 15.5 Å². The quantitative estimate of drug-likeness (QED) is 0.458. The van der Waals surface area contributed by atoms with Crippen molar-refractivity contribution in [2.24, 2.45) is 0 Å². The van der Waals surface area contributed by atoms with E-state index in [1.54, 1.807) is 19.1 Å². The Morgan fingerprint density at radius 1 is 1.31 bits per heavy atom. The van der Waals surface area contributed by atoms with Gasteiger partial charge < -0.3 is 9.73 Å². The van der Waals surface area contributed by atoms with E-state index < -0.39 is 10.2 Å². The fourth-order valence-corrected chi connectivity index (χ4v) is 3.65. The normalized spacial score (nSPS) is 16.2. The molecule has 0 spiro atoms. The van der Waals surface area contributed by atoms with Crippen LogP contribution in [-0.4, -0.2) is 26.3 Å². The molecule has 2 aromatic rings. The van der Waals surface area contributed by atoms with Crippen LogP contribution < -0.4 is 5.32 Å². The van der Waals surface area contributed by atoms with Gasteiger partial charge in [0.25, 0.3) is 10.9 Å². The lowest BCUT2D eigenvalue weighted by Gasteiger charge is -2.17. The summed E-state index contributed by atoms with van der Waals surface area (Å²) in [5, 5.41) is 21.6. The summed E-state index contributed by atoms with van der Waals surface area (Å²) in [4.78, 5) is 22.9. The van der Waals surface area contributed by atoms with Crippen molar-refractivity contribution in [3.63, 3.8) is 0 Å². The number of benzene rings is 1. The smallest absolute Gasteiger partial charge is 0.292 e. The fourth-order valence-electron chi connectivity index (χ4n) is 2.96. The zero-order valence-corrected chi connectivity index (χ0v) is 15.2. The predicted molar refractivity (Wildman–Crippen MR) is 97.2 cm³/mol. The summed E-state index contributed by atoms with van der Waals surface area (Å²) in [5.74, 6) is 0.585. The highest BCUT2D eigenvalue weighted by Gasteiger charge is 2.24. The van der Waals surface area contributed by atoms with Crippen molar-refractivity contribution in [3.8, 4) is 0 Å². The Hall–Kier alpha value is -2.42. The Bertz CT molecular complexity index is 789. The summed E-state index contributed by atoms with van der Waals surface area (Å²) >= 11 is 1.15. The topological polar surface area (TPSA) is 111 Å². The number of nitro groups is 1. The van der Waals surface area contributed by atoms with Crippen LogP contribution >= 0.6 is 11.8 Å². The van der Waals surface area contributed by atoms with Gasteiger partial charge in [0, 0.05) is 12.0 Å². The zero-order chi connectivity index (χ0) is 18.5. The summed E-state index contributed by atoms with van der Waals surface area (Å²) in [5.41, 5.74) is 0.0267. The lowest BCUT2D eigenvalue weighted by molar-refractivity contribution is -0.383. The van der Waals surface area contributed by atoms with Gasteiger partial charge in [0.05, 0.1) is 10.2 Å². The number of para-hydroxylation sites is 2. The molecule has 1 aliphatic rings. The molecule has 1 aromatic carbocycles. The second-order valence-corrected chi connectivity index (χ2v) is 7.56. The first-order valence-electron chi connectivity index (χ1n) is 8.59. The highest BCUT2D eigenvalue weighted by Crippen LogP contribution is 2.34. The van der Waals surface area contributed by atoms with Crippen LogP contribution in [0.15, 0.2) is 33.9 Å². The largest absolute Gasteiger partial charge is 0.416 e. The number of nitrogens with zero attached hydrogens (tertiary/aromatic N) is 3. The maximum atomic E-state index is 12.4. The van der Waals surface area contributed by atoms with Crippen LogP contribution in [0.4, 0.5) is 11.4 Å². The Kier molecular flexibility index (Phi) is 5.87. The molecule has 1 aromatic heterocycles. The number of hydrogen-bond acceptors (Lipinski definition) is 7. The number of carbonyl (C=O) groups excluding carboxylic acids is 1. The Balaban J connectivity index is 1.61. The molecule has 1 saturated carbocycles. The Morgan fingerprint density at radius 2 is 2.04 bits per heavy atom. The van der Waals surface area contributed by atoms with Crippen LogP contribution in [-0.2, 0) is 4.79 Å². The van der Waals surface area contributed by atoms with Crippen molar-refractivity contribution >= 4 is 29.0 Å². The molecule has 0 bridgehead atoms. The van der Waals surface area contributed by atoms with Gasteiger partial charge in [0.2, 0.25) is 11.8 Å². The van der Waals surface area contributed by atoms with E-state index in [1.165, 1.54) is 31.4 Å². The molecule has 1 atom stereocenters. The first kappa shape index (κ1) is 18.4. The minimum Gasteiger partial charge on any atom is -0.416 e. The molecule has 0 unspecified atom stereocenters. The predicted octanol–water partition coefficient (Wildman–Crippen LogP) is 4.14. The third-order valence-corrected chi connectivity index (χ3v) is 5.32. The molecule has 1 N–H and O–H groups in total. The summed E-state index contributed by atoms with van der Waals surface area (Å²) in [6, 6.07) is 6.04. The number of nitro benzene ring substituents is 1. The average Bonchev–Trinajstić information content (AvgIpc) is 3.11. The molecule has 1 heterocycles. The molecule has 0 saturated heterocycles. The maximum absolute atomic E-state index is 12.4. The molecule has 0 radical (unpaired) electrons. The van der Waals surface area contributed by atoms with Crippen molar-refractivity contribution in [1.29, 1.82) is 0 Å². The number of hydrogen-bond donors (Lipinski definition) is 1. The molecular weight excluding hydrogens is 356 g/mol. The molecule has 0 aliphatic heterocycles. The van der Waals surface area contributed by atoms with Crippen molar-refractivity contribution in [3.05, 3.63) is 40.3 Å². The fraction of sp³-hybridized carbons (Fsp3) is 0.471. The van der Waals surface area contributed by atoms with Gasteiger partial charge in [0.15, 0.2) is 0 Å². The monoisotopic (exact) mass is 376 g/mol. The molecular formula is C17H20N4O4S. The van der Waals surface area contributed by atoms with Crippen LogP contribution in [0.1, 0.15) is 50.8 Å². The molecule has 3 rings (SSSR count). The van der Waals surface area contributed by atoms with Gasteiger partial charge in [-0.2, -0.15) is 0 Å². The highest BCUT2D eigenvalue weighted by atomic mass is 32.2. The van der Waals surface area contributed by atoms with Crippen molar-refractivity contribution in [1.82, 2.24) is 10.2 Å². The second-order valence-electron chi connectivity index (χ2n) is 6.26. The molecule has 9 heteroatoms. The first-order valence-corrected chi connectivity index (χ1v) is 9.47. The standard InChI is InChI=1S/C17H20N4O4S/c1-11(15(22)18-13-9-5-6-10-14(13)21(23)24)26-17-20-19-16(25-17)12-7-3-2-4-8-12/h5-6,9-12H,2-4,7-8H2,1H3,(H,18,22)/t11-/m1/s1. The first-order chi connectivity index (χ1) is 12.5. The number of aromatic nitrogens is 2. The van der Waals surface area contributed by atoms with Gasteiger partial charge in [-0.3, -0.25) is 14.9 Å². The van der Waals surface area contributed by atoms with Crippen molar-refractivity contribution in [2.75, 3.05) is 5.32 Å². The number of carbonyl (C=O) groups is 1. The summed E-state index contributed by atoms with van der Waals surface area (Å²) in [6.45, 7) is 1.69. The van der Waals surface area contributed by atoms with Gasteiger partial charge >= 0.3 is 0 Å². The van der Waals surface area contributed by atoms with Gasteiger partial charge in [-0.05, 0) is 25.8 Å². The molecule has 1 fully saturated rings. The van der Waals surface area contributed by atoms with Gasteiger partial charge in [-0.15, -0.1) is 10.2 Å². The lowest BCUT2D eigenvalue weighted by Crippen LogP contribution is -2.22. The van der Waals surface area contributed by atoms with Crippen LogP contribution in [0, 0.1) is 10.1 Å². The van der Waals surface area contributed by atoms with Crippen molar-refractivity contribution < 1.29 is 14.1 Å². The van der Waals surface area contributed by atoms with E-state index in [0.29, 0.717) is 17.0 Å².